The van der Waals surface area contributed by atoms with Crippen LogP contribution in [-0.2, 0) is 14.0 Å². The first-order valence-corrected chi connectivity index (χ1v) is 0.612. The van der Waals surface area contributed by atoms with Crippen LogP contribution in [0.5, 0.6) is 0 Å². The third-order valence-corrected chi connectivity index (χ3v) is 0. The van der Waals surface area contributed by atoms with Crippen LogP contribution in [0.1, 0.15) is 0 Å². The molecule has 0 atom stereocenters. The summed E-state index contributed by atoms with van der Waals surface area (Å²) in [7, 11) is 0. The average Bonchev–Trinajstić information content (AvgIpc) is 1.81. The Morgan fingerprint density at radius 1 is 0.500 bits per heavy atom. The molecule has 0 aromatic heterocycles. The molecule has 0 heterocycles. The molecule has 0 aromatic carbocycles. The van der Waals surface area contributed by atoms with Crippen molar-refractivity contribution < 1.29 is 152 Å². The molecule has 3 nitrogen and oxygen atoms in total. The van der Waals surface area contributed by atoms with Gasteiger partial charge in [0.25, 0.3) is 0 Å². The largest absolute Gasteiger partial charge is 1.00 e. The van der Waals surface area contributed by atoms with Crippen molar-refractivity contribution in [3.63, 3.8) is 0 Å². The van der Waals surface area contributed by atoms with E-state index in [1.807, 2.05) is 0 Å². The Balaban J connectivity index is -0.00000000500. The molecule has 8 heavy (non-hydrogen) atoms. The van der Waals surface area contributed by atoms with Crippen LogP contribution in [0, 0.1) is 20.0 Å². The van der Waals surface area contributed by atoms with Gasteiger partial charge in [0, 0.05) is 0 Å². The Hall–Kier alpha value is 3.32. The average molecular weight is 350 g/mol. The fraction of sp³-hybridized carbons (Fsp3) is 0. The van der Waals surface area contributed by atoms with Gasteiger partial charge in [0.05, 0.1) is 0 Å². The van der Waals surface area contributed by atoms with E-state index in [0.717, 1.165) is 0 Å². The van der Waals surface area contributed by atoms with Gasteiger partial charge in [-0.15, -0.1) is 0 Å². The van der Waals surface area contributed by atoms with Crippen molar-refractivity contribution in [3.05, 3.63) is 20.0 Å². The van der Waals surface area contributed by atoms with Crippen LogP contribution in [0.3, 0.4) is 0 Å². The normalized spacial score (nSPS) is 0.750. The van der Waals surface area contributed by atoms with Gasteiger partial charge < -0.3 is 0 Å². The van der Waals surface area contributed by atoms with E-state index < -0.39 is 0 Å². The van der Waals surface area contributed by atoms with Crippen molar-refractivity contribution in [3.8, 4) is 0 Å². The summed E-state index contributed by atoms with van der Waals surface area (Å²) >= 11 is 0. The number of hydrogen-bond donors (Lipinski definition) is 0. The molecule has 0 N–H and O–H groups in total. The standard InChI is InChI=1S/3CO.2Cs/c3*1-2;;/q;;;2*+1. The Bertz CT molecular complexity index is 41.0. The molecule has 0 aliphatic heterocycles. The van der Waals surface area contributed by atoms with Gasteiger partial charge in [0.15, 0.2) is 0 Å². The van der Waals surface area contributed by atoms with Crippen LogP contribution in [0.4, 0.5) is 0 Å². The molecule has 0 aliphatic rings. The van der Waals surface area contributed by atoms with Crippen molar-refractivity contribution in [2.24, 2.45) is 0 Å². The van der Waals surface area contributed by atoms with Crippen molar-refractivity contribution >= 4 is 0 Å². The zero-order valence-corrected chi connectivity index (χ0v) is 17.3. The second kappa shape index (κ2) is 81.2. The summed E-state index contributed by atoms with van der Waals surface area (Å²) in [6.07, 6.45) is 0. The maximum absolute atomic E-state index is 7.50. The van der Waals surface area contributed by atoms with Gasteiger partial charge in [-0.05, 0) is 0 Å². The first kappa shape index (κ1) is 30.2. The topological polar surface area (TPSA) is 59.7 Å². The SMILES string of the molecule is [C-]#[O+].[C-]#[O+].[C-]#[O+].[Cs+].[Cs+]. The summed E-state index contributed by atoms with van der Waals surface area (Å²) in [6, 6.07) is 0. The minimum absolute atomic E-state index is 0. The van der Waals surface area contributed by atoms with Gasteiger partial charge in [-0.2, -0.15) is 0 Å². The van der Waals surface area contributed by atoms with Gasteiger partial charge in [0.1, 0.15) is 0 Å². The van der Waals surface area contributed by atoms with Crippen molar-refractivity contribution in [2.45, 2.75) is 0 Å². The summed E-state index contributed by atoms with van der Waals surface area (Å²) < 4.78 is 22.5. The maximum Gasteiger partial charge on any atom is 1.00 e. The first-order chi connectivity index (χ1) is 3.00. The van der Waals surface area contributed by atoms with Gasteiger partial charge in [-0.3, -0.25) is 0 Å². The van der Waals surface area contributed by atoms with E-state index in [-0.39, 0.29) is 138 Å². The van der Waals surface area contributed by atoms with Crippen LogP contribution < -0.4 is 138 Å². The third-order valence-electron chi connectivity index (χ3n) is 0. The van der Waals surface area contributed by atoms with Crippen molar-refractivity contribution in [1.82, 2.24) is 0 Å². The fourth-order valence-corrected chi connectivity index (χ4v) is 0. The zero-order valence-electron chi connectivity index (χ0n) is 4.72. The molecule has 0 amide bonds. The van der Waals surface area contributed by atoms with Gasteiger partial charge in [-0.25, -0.2) is 0 Å². The summed E-state index contributed by atoms with van der Waals surface area (Å²) in [5.41, 5.74) is 0. The van der Waals surface area contributed by atoms with Gasteiger partial charge in [-0.1, -0.05) is 0 Å². The Morgan fingerprint density at radius 2 is 0.500 bits per heavy atom. The molecular formula is C3Cs2O3+2. The van der Waals surface area contributed by atoms with Crippen LogP contribution in [0.15, 0.2) is 0 Å². The van der Waals surface area contributed by atoms with E-state index in [2.05, 4.69) is 20.0 Å². The maximum atomic E-state index is 7.50. The monoisotopic (exact) mass is 350 g/mol. The molecule has 0 aliphatic carbocycles. The molecule has 0 aromatic rings. The minimum Gasteiger partial charge on any atom is 1.00 e. The summed E-state index contributed by atoms with van der Waals surface area (Å²) in [6.45, 7) is 13.5. The smallest absolute Gasteiger partial charge is 1.00 e. The number of hydrogen-bond acceptors (Lipinski definition) is 0. The molecule has 30 valence electrons. The van der Waals surface area contributed by atoms with Crippen molar-refractivity contribution in [1.29, 1.82) is 0 Å². The third kappa shape index (κ3) is 58.5. The molecule has 0 rings (SSSR count). The summed E-state index contributed by atoms with van der Waals surface area (Å²) in [4.78, 5) is 0. The molecule has 0 saturated heterocycles. The van der Waals surface area contributed by atoms with Crippen LogP contribution in [0.2, 0.25) is 0 Å². The first-order valence-electron chi connectivity index (χ1n) is 0.612. The Morgan fingerprint density at radius 3 is 0.500 bits per heavy atom. The van der Waals surface area contributed by atoms with Crippen molar-refractivity contribution in [2.75, 3.05) is 0 Å². The second-order valence-electron chi connectivity index (χ2n) is 0. The molecule has 0 saturated carbocycles. The minimum atomic E-state index is 0. The van der Waals surface area contributed by atoms with E-state index in [0.29, 0.717) is 0 Å². The van der Waals surface area contributed by atoms with Gasteiger partial charge >= 0.3 is 172 Å². The van der Waals surface area contributed by atoms with E-state index in [9.17, 15) is 0 Å². The molecule has 0 spiro atoms. The van der Waals surface area contributed by atoms with E-state index in [1.165, 1.54) is 0 Å². The molecule has 0 radical (unpaired) electrons. The number of rotatable bonds is 0. The Labute approximate surface area is 166 Å². The summed E-state index contributed by atoms with van der Waals surface area (Å²) in [5.74, 6) is 0. The molecule has 5 heteroatoms. The molecule has 0 bridgehead atoms. The molecular weight excluding hydrogens is 350 g/mol. The quantitative estimate of drug-likeness (QED) is 0.309. The second-order valence-corrected chi connectivity index (χ2v) is 0. The van der Waals surface area contributed by atoms with Crippen LogP contribution in [0.25, 0.3) is 0 Å². The van der Waals surface area contributed by atoms with Crippen LogP contribution in [-0.4, -0.2) is 0 Å². The molecule has 0 fully saturated rings. The predicted octanol–water partition coefficient (Wildman–Crippen LogP) is -6.10. The van der Waals surface area contributed by atoms with E-state index in [4.69, 9.17) is 14.0 Å². The summed E-state index contributed by atoms with van der Waals surface area (Å²) in [5, 5.41) is 0. The zero-order chi connectivity index (χ0) is 6.00. The molecule has 0 unspecified atom stereocenters. The predicted molar refractivity (Wildman–Crippen MR) is 11.8 cm³/mol. The Kier molecular flexibility index (Phi) is 306. The van der Waals surface area contributed by atoms with Gasteiger partial charge in [0.2, 0.25) is 0 Å². The fourth-order valence-electron chi connectivity index (χ4n) is 0. The van der Waals surface area contributed by atoms with Crippen LogP contribution >= 0.6 is 0 Å². The van der Waals surface area contributed by atoms with E-state index in [1.54, 1.807) is 0 Å². The van der Waals surface area contributed by atoms with E-state index >= 15 is 0 Å².